The van der Waals surface area contributed by atoms with Crippen molar-refractivity contribution in [2.45, 2.75) is 13.5 Å². The van der Waals surface area contributed by atoms with Crippen molar-refractivity contribution in [2.75, 3.05) is 11.4 Å². The van der Waals surface area contributed by atoms with E-state index in [1.54, 1.807) is 16.6 Å². The molecule has 1 aromatic heterocycles. The van der Waals surface area contributed by atoms with E-state index in [0.29, 0.717) is 6.54 Å². The van der Waals surface area contributed by atoms with Crippen LogP contribution in [0.1, 0.15) is 11.4 Å². The molecule has 0 aliphatic rings. The van der Waals surface area contributed by atoms with Crippen LogP contribution in [0.2, 0.25) is 0 Å². The summed E-state index contributed by atoms with van der Waals surface area (Å²) in [5.74, 6) is -0.149. The van der Waals surface area contributed by atoms with E-state index >= 15 is 0 Å². The summed E-state index contributed by atoms with van der Waals surface area (Å²) in [7, 11) is 1.79. The summed E-state index contributed by atoms with van der Waals surface area (Å²) in [5.41, 5.74) is 1.99. The minimum Gasteiger partial charge on any atom is -0.480 e. The Bertz CT molecular complexity index is 562. The topological polar surface area (TPSA) is 71.2 Å². The fourth-order valence-corrected chi connectivity index (χ4v) is 1.79. The molecule has 100 valence electrons. The molecule has 0 bridgehead atoms. The first-order valence-corrected chi connectivity index (χ1v) is 5.92. The number of benzene rings is 1. The van der Waals surface area contributed by atoms with Gasteiger partial charge in [-0.05, 0) is 19.1 Å². The number of carboxylic acid groups (broad SMARTS) is 1. The van der Waals surface area contributed by atoms with E-state index in [4.69, 9.17) is 5.11 Å². The van der Waals surface area contributed by atoms with Crippen LogP contribution in [-0.2, 0) is 18.4 Å². The van der Waals surface area contributed by atoms with Crippen molar-refractivity contribution in [3.05, 3.63) is 42.0 Å². The number of nitrogens with zero attached hydrogens (tertiary/aromatic N) is 4. The first-order valence-electron chi connectivity index (χ1n) is 5.92. The first kappa shape index (κ1) is 13.1. The predicted molar refractivity (Wildman–Crippen MR) is 70.9 cm³/mol. The molecule has 0 aliphatic carbocycles. The molecule has 0 fully saturated rings. The second kappa shape index (κ2) is 5.51. The van der Waals surface area contributed by atoms with Crippen molar-refractivity contribution in [3.8, 4) is 0 Å². The number of hydrogen-bond acceptors (Lipinski definition) is 4. The Kier molecular flexibility index (Phi) is 3.79. The second-order valence-electron chi connectivity index (χ2n) is 4.39. The molecule has 0 saturated heterocycles. The lowest BCUT2D eigenvalue weighted by Crippen LogP contribution is -2.30. The van der Waals surface area contributed by atoms with Crippen LogP contribution < -0.4 is 4.90 Å². The molecule has 1 heterocycles. The van der Waals surface area contributed by atoms with Crippen LogP contribution in [0.15, 0.2) is 30.6 Å². The van der Waals surface area contributed by atoms with Gasteiger partial charge in [0.2, 0.25) is 0 Å². The average molecular weight is 260 g/mol. The molecule has 6 heteroatoms. The molecule has 2 aromatic rings. The Morgan fingerprint density at radius 1 is 1.37 bits per heavy atom. The number of rotatable bonds is 5. The normalized spacial score (nSPS) is 10.4. The Morgan fingerprint density at radius 2 is 2.05 bits per heavy atom. The lowest BCUT2D eigenvalue weighted by atomic mass is 10.2. The smallest absolute Gasteiger partial charge is 0.323 e. The first-order chi connectivity index (χ1) is 9.06. The van der Waals surface area contributed by atoms with E-state index in [1.165, 1.54) is 6.33 Å². The molecule has 0 spiro atoms. The summed E-state index contributed by atoms with van der Waals surface area (Å²) < 4.78 is 1.64. The van der Waals surface area contributed by atoms with Crippen molar-refractivity contribution in [3.63, 3.8) is 0 Å². The Labute approximate surface area is 111 Å². The van der Waals surface area contributed by atoms with Gasteiger partial charge in [0.1, 0.15) is 18.7 Å². The largest absolute Gasteiger partial charge is 0.480 e. The monoisotopic (exact) mass is 260 g/mol. The zero-order valence-electron chi connectivity index (χ0n) is 10.9. The molecule has 0 amide bonds. The van der Waals surface area contributed by atoms with Crippen LogP contribution in [0.25, 0.3) is 0 Å². The number of carbonyl (C=O) groups is 1. The van der Waals surface area contributed by atoms with Crippen molar-refractivity contribution >= 4 is 11.7 Å². The van der Waals surface area contributed by atoms with Gasteiger partial charge in [-0.3, -0.25) is 9.48 Å². The molecule has 0 aliphatic heterocycles. The van der Waals surface area contributed by atoms with E-state index in [-0.39, 0.29) is 6.54 Å². The lowest BCUT2D eigenvalue weighted by Gasteiger charge is -2.22. The minimum atomic E-state index is -0.872. The Morgan fingerprint density at radius 3 is 2.58 bits per heavy atom. The summed E-state index contributed by atoms with van der Waals surface area (Å²) in [6.45, 7) is 2.33. The molecule has 2 rings (SSSR count). The summed E-state index contributed by atoms with van der Waals surface area (Å²) in [6, 6.07) is 7.74. The molecule has 0 saturated carbocycles. The maximum Gasteiger partial charge on any atom is 0.323 e. The lowest BCUT2D eigenvalue weighted by molar-refractivity contribution is -0.135. The quantitative estimate of drug-likeness (QED) is 0.875. The van der Waals surface area contributed by atoms with Crippen molar-refractivity contribution in [1.82, 2.24) is 14.8 Å². The zero-order valence-corrected chi connectivity index (χ0v) is 10.9. The van der Waals surface area contributed by atoms with Gasteiger partial charge in [0.15, 0.2) is 0 Å². The molecule has 1 N–H and O–H groups in total. The van der Waals surface area contributed by atoms with Crippen molar-refractivity contribution in [2.24, 2.45) is 7.05 Å². The van der Waals surface area contributed by atoms with Crippen LogP contribution in [-0.4, -0.2) is 32.4 Å². The van der Waals surface area contributed by atoms with Gasteiger partial charge in [-0.1, -0.05) is 17.7 Å². The van der Waals surface area contributed by atoms with Crippen LogP contribution in [0.5, 0.6) is 0 Å². The molecular formula is C13H16N4O2. The maximum absolute atomic E-state index is 11.0. The minimum absolute atomic E-state index is 0.0735. The third kappa shape index (κ3) is 3.31. The Hall–Kier alpha value is -2.37. The van der Waals surface area contributed by atoms with Gasteiger partial charge in [-0.15, -0.1) is 0 Å². The third-order valence-corrected chi connectivity index (χ3v) is 2.86. The summed E-state index contributed by atoms with van der Waals surface area (Å²) in [5, 5.41) is 13.0. The molecular weight excluding hydrogens is 244 g/mol. The van der Waals surface area contributed by atoms with E-state index < -0.39 is 5.97 Å². The third-order valence-electron chi connectivity index (χ3n) is 2.86. The highest BCUT2D eigenvalue weighted by molar-refractivity contribution is 5.73. The molecule has 1 aromatic carbocycles. The fourth-order valence-electron chi connectivity index (χ4n) is 1.79. The predicted octanol–water partition coefficient (Wildman–Crippen LogP) is 1.21. The van der Waals surface area contributed by atoms with Gasteiger partial charge >= 0.3 is 5.97 Å². The zero-order chi connectivity index (χ0) is 13.8. The van der Waals surface area contributed by atoms with Gasteiger partial charge in [-0.2, -0.15) is 5.10 Å². The highest BCUT2D eigenvalue weighted by atomic mass is 16.4. The van der Waals surface area contributed by atoms with Crippen LogP contribution in [0, 0.1) is 6.92 Å². The van der Waals surface area contributed by atoms with Gasteiger partial charge in [0.25, 0.3) is 0 Å². The molecule has 0 unspecified atom stereocenters. The van der Waals surface area contributed by atoms with E-state index in [2.05, 4.69) is 10.1 Å². The van der Waals surface area contributed by atoms with E-state index in [9.17, 15) is 4.79 Å². The number of hydrogen-bond donors (Lipinski definition) is 1. The molecule has 19 heavy (non-hydrogen) atoms. The fraction of sp³-hybridized carbons (Fsp3) is 0.308. The summed E-state index contributed by atoms with van der Waals surface area (Å²) in [4.78, 5) is 16.9. The van der Waals surface area contributed by atoms with E-state index in [0.717, 1.165) is 17.1 Å². The number of aryl methyl sites for hydroxylation is 2. The van der Waals surface area contributed by atoms with Crippen molar-refractivity contribution in [1.29, 1.82) is 0 Å². The average Bonchev–Trinajstić information content (AvgIpc) is 2.75. The highest BCUT2D eigenvalue weighted by Crippen LogP contribution is 2.16. The maximum atomic E-state index is 11.0. The van der Waals surface area contributed by atoms with Crippen LogP contribution in [0.3, 0.4) is 0 Å². The van der Waals surface area contributed by atoms with Crippen molar-refractivity contribution < 1.29 is 9.90 Å². The number of carboxylic acids is 1. The highest BCUT2D eigenvalue weighted by Gasteiger charge is 2.13. The molecule has 6 nitrogen and oxygen atoms in total. The van der Waals surface area contributed by atoms with Gasteiger partial charge in [0.05, 0.1) is 6.54 Å². The number of aliphatic carboxylic acids is 1. The second-order valence-corrected chi connectivity index (χ2v) is 4.39. The Balaban J connectivity index is 2.23. The summed E-state index contributed by atoms with van der Waals surface area (Å²) >= 11 is 0. The summed E-state index contributed by atoms with van der Waals surface area (Å²) in [6.07, 6.45) is 1.46. The van der Waals surface area contributed by atoms with Gasteiger partial charge < -0.3 is 10.0 Å². The van der Waals surface area contributed by atoms with Gasteiger partial charge in [0, 0.05) is 12.7 Å². The number of anilines is 1. The van der Waals surface area contributed by atoms with Crippen LogP contribution in [0.4, 0.5) is 5.69 Å². The van der Waals surface area contributed by atoms with Gasteiger partial charge in [-0.25, -0.2) is 4.98 Å². The van der Waals surface area contributed by atoms with E-state index in [1.807, 2.05) is 31.2 Å². The SMILES string of the molecule is Cc1ccc(N(CC(=O)O)Cc2ncnn2C)cc1. The standard InChI is InChI=1S/C13H16N4O2/c1-10-3-5-11(6-4-10)17(8-13(18)19)7-12-14-9-15-16(12)2/h3-6,9H,7-8H2,1-2H3,(H,18,19). The van der Waals surface area contributed by atoms with Crippen LogP contribution >= 0.6 is 0 Å². The number of aromatic nitrogens is 3. The molecule has 0 radical (unpaired) electrons. The molecule has 0 atom stereocenters.